The summed E-state index contributed by atoms with van der Waals surface area (Å²) in [6, 6.07) is 11.2. The zero-order chi connectivity index (χ0) is 17.5. The molecule has 2 rings (SSSR count). The summed E-state index contributed by atoms with van der Waals surface area (Å²) in [5, 5.41) is 5.22. The molecule has 0 aliphatic heterocycles. The van der Waals surface area contributed by atoms with E-state index in [1.807, 2.05) is 0 Å². The summed E-state index contributed by atoms with van der Waals surface area (Å²) in [5.41, 5.74) is 1.80. The van der Waals surface area contributed by atoms with Crippen molar-refractivity contribution >= 4 is 11.8 Å². The lowest BCUT2D eigenvalue weighted by molar-refractivity contribution is -0.123. The first kappa shape index (κ1) is 17.5. The van der Waals surface area contributed by atoms with Crippen molar-refractivity contribution in [3.63, 3.8) is 0 Å². The molecule has 0 spiro atoms. The molecule has 126 valence electrons. The Morgan fingerprint density at radius 3 is 2.67 bits per heavy atom. The molecule has 0 saturated carbocycles. The van der Waals surface area contributed by atoms with Gasteiger partial charge < -0.3 is 15.4 Å². The van der Waals surface area contributed by atoms with E-state index in [2.05, 4.69) is 10.6 Å². The molecule has 0 bridgehead atoms. The molecule has 6 heteroatoms. The van der Waals surface area contributed by atoms with Crippen molar-refractivity contribution in [3.05, 3.63) is 65.0 Å². The minimum Gasteiger partial charge on any atom is -0.484 e. The predicted octanol–water partition coefficient (Wildman–Crippen LogP) is 2.19. The number of nitrogens with one attached hydrogen (secondary N) is 2. The third kappa shape index (κ3) is 4.81. The monoisotopic (exact) mass is 330 g/mol. The molecule has 0 fully saturated rings. The highest BCUT2D eigenvalue weighted by Gasteiger charge is 2.07. The molecule has 0 radical (unpaired) electrons. The third-order valence-corrected chi connectivity index (χ3v) is 3.41. The van der Waals surface area contributed by atoms with Crippen LogP contribution in [0.25, 0.3) is 0 Å². The van der Waals surface area contributed by atoms with E-state index >= 15 is 0 Å². The van der Waals surface area contributed by atoms with Gasteiger partial charge >= 0.3 is 0 Å². The molecule has 0 saturated heterocycles. The summed E-state index contributed by atoms with van der Waals surface area (Å²) in [6.45, 7) is 1.79. The number of ether oxygens (including phenoxy) is 1. The van der Waals surface area contributed by atoms with Crippen molar-refractivity contribution in [2.75, 3.05) is 13.7 Å². The zero-order valence-electron chi connectivity index (χ0n) is 13.6. The Labute approximate surface area is 139 Å². The van der Waals surface area contributed by atoms with E-state index < -0.39 is 0 Å². The van der Waals surface area contributed by atoms with Crippen molar-refractivity contribution in [1.29, 1.82) is 0 Å². The summed E-state index contributed by atoms with van der Waals surface area (Å²) in [7, 11) is 1.54. The van der Waals surface area contributed by atoms with E-state index in [0.717, 1.165) is 5.56 Å². The van der Waals surface area contributed by atoms with Gasteiger partial charge in [0.1, 0.15) is 11.6 Å². The maximum absolute atomic E-state index is 13.2. The van der Waals surface area contributed by atoms with Crippen LogP contribution in [-0.2, 0) is 11.3 Å². The Balaban J connectivity index is 1.84. The fraction of sp³-hybridized carbons (Fsp3) is 0.222. The molecule has 0 aliphatic rings. The number of rotatable bonds is 6. The summed E-state index contributed by atoms with van der Waals surface area (Å²) >= 11 is 0. The normalized spacial score (nSPS) is 10.1. The number of amides is 2. The van der Waals surface area contributed by atoms with Gasteiger partial charge in [0.25, 0.3) is 11.8 Å². The smallest absolute Gasteiger partial charge is 0.258 e. The average molecular weight is 330 g/mol. The van der Waals surface area contributed by atoms with Crippen LogP contribution in [0.2, 0.25) is 0 Å². The number of halogens is 1. The highest BCUT2D eigenvalue weighted by Crippen LogP contribution is 2.13. The highest BCUT2D eigenvalue weighted by molar-refractivity contribution is 5.94. The molecule has 2 aromatic carbocycles. The number of carbonyl (C=O) groups excluding carboxylic acids is 2. The molecule has 0 atom stereocenters. The molecule has 2 amide bonds. The molecular weight excluding hydrogens is 311 g/mol. The van der Waals surface area contributed by atoms with Crippen LogP contribution in [0.1, 0.15) is 21.5 Å². The summed E-state index contributed by atoms with van der Waals surface area (Å²) in [6.07, 6.45) is 0. The lowest BCUT2D eigenvalue weighted by Crippen LogP contribution is -2.28. The fourth-order valence-corrected chi connectivity index (χ4v) is 2.09. The Hall–Kier alpha value is -2.89. The van der Waals surface area contributed by atoms with Gasteiger partial charge in [0.2, 0.25) is 0 Å². The third-order valence-electron chi connectivity index (χ3n) is 3.41. The fourth-order valence-electron chi connectivity index (χ4n) is 2.09. The summed E-state index contributed by atoms with van der Waals surface area (Å²) in [5.74, 6) is -0.368. The van der Waals surface area contributed by atoms with Gasteiger partial charge in [-0.3, -0.25) is 9.59 Å². The zero-order valence-corrected chi connectivity index (χ0v) is 13.6. The topological polar surface area (TPSA) is 67.4 Å². The minimum atomic E-state index is -0.303. The summed E-state index contributed by atoms with van der Waals surface area (Å²) in [4.78, 5) is 23.4. The van der Waals surface area contributed by atoms with Crippen LogP contribution in [0.5, 0.6) is 5.75 Å². The van der Waals surface area contributed by atoms with Gasteiger partial charge in [-0.25, -0.2) is 4.39 Å². The second-order valence-electron chi connectivity index (χ2n) is 5.26. The van der Waals surface area contributed by atoms with E-state index in [1.54, 1.807) is 50.4 Å². The van der Waals surface area contributed by atoms with Gasteiger partial charge in [-0.2, -0.15) is 0 Å². The number of hydrogen-bond acceptors (Lipinski definition) is 3. The standard InChI is InChI=1S/C18H19FN2O3/c1-12-8-13(6-7-16(12)19)10-21-17(22)11-24-15-5-3-4-14(9-15)18(23)20-2/h3-9H,10-11H2,1-2H3,(H,20,23)(H,21,22). The molecule has 0 heterocycles. The second-order valence-corrected chi connectivity index (χ2v) is 5.26. The largest absolute Gasteiger partial charge is 0.484 e. The van der Waals surface area contributed by atoms with Crippen molar-refractivity contribution in [3.8, 4) is 5.75 Å². The number of benzene rings is 2. The van der Waals surface area contributed by atoms with E-state index in [4.69, 9.17) is 4.74 Å². The summed E-state index contributed by atoms with van der Waals surface area (Å²) < 4.78 is 18.6. The SMILES string of the molecule is CNC(=O)c1cccc(OCC(=O)NCc2ccc(F)c(C)c2)c1. The Kier molecular flexibility index (Phi) is 5.89. The Morgan fingerprint density at radius 2 is 1.96 bits per heavy atom. The van der Waals surface area contributed by atoms with Crippen molar-refractivity contribution in [1.82, 2.24) is 10.6 Å². The maximum Gasteiger partial charge on any atom is 0.258 e. The quantitative estimate of drug-likeness (QED) is 0.853. The van der Waals surface area contributed by atoms with E-state index in [0.29, 0.717) is 23.4 Å². The van der Waals surface area contributed by atoms with Crippen LogP contribution in [0.4, 0.5) is 4.39 Å². The first-order valence-corrected chi connectivity index (χ1v) is 7.46. The van der Waals surface area contributed by atoms with Crippen LogP contribution in [0.3, 0.4) is 0 Å². The van der Waals surface area contributed by atoms with E-state index in [1.165, 1.54) is 6.07 Å². The minimum absolute atomic E-state index is 0.169. The number of hydrogen-bond donors (Lipinski definition) is 2. The van der Waals surface area contributed by atoms with Crippen LogP contribution in [0.15, 0.2) is 42.5 Å². The van der Waals surface area contributed by atoms with Crippen molar-refractivity contribution < 1.29 is 18.7 Å². The molecule has 24 heavy (non-hydrogen) atoms. The molecule has 5 nitrogen and oxygen atoms in total. The predicted molar refractivity (Wildman–Crippen MR) is 88.3 cm³/mol. The van der Waals surface area contributed by atoms with Crippen LogP contribution < -0.4 is 15.4 Å². The number of aryl methyl sites for hydroxylation is 1. The first-order valence-electron chi connectivity index (χ1n) is 7.46. The van der Waals surface area contributed by atoms with Crippen LogP contribution in [0, 0.1) is 12.7 Å². The molecule has 2 aromatic rings. The maximum atomic E-state index is 13.2. The molecule has 2 N–H and O–H groups in total. The van der Waals surface area contributed by atoms with Crippen molar-refractivity contribution in [2.24, 2.45) is 0 Å². The van der Waals surface area contributed by atoms with Gasteiger partial charge in [-0.15, -0.1) is 0 Å². The van der Waals surface area contributed by atoms with Crippen molar-refractivity contribution in [2.45, 2.75) is 13.5 Å². The van der Waals surface area contributed by atoms with Gasteiger partial charge in [-0.05, 0) is 42.3 Å². The van der Waals surface area contributed by atoms with Gasteiger partial charge in [-0.1, -0.05) is 18.2 Å². The van der Waals surface area contributed by atoms with Gasteiger partial charge in [0, 0.05) is 19.2 Å². The van der Waals surface area contributed by atoms with E-state index in [-0.39, 0.29) is 24.2 Å². The second kappa shape index (κ2) is 8.10. The molecule has 0 unspecified atom stereocenters. The first-order chi connectivity index (χ1) is 11.5. The Bertz CT molecular complexity index is 747. The molecule has 0 aromatic heterocycles. The van der Waals surface area contributed by atoms with Gasteiger partial charge in [0.05, 0.1) is 0 Å². The van der Waals surface area contributed by atoms with Crippen LogP contribution in [-0.4, -0.2) is 25.5 Å². The lowest BCUT2D eigenvalue weighted by atomic mass is 10.1. The molecule has 0 aliphatic carbocycles. The Morgan fingerprint density at radius 1 is 1.17 bits per heavy atom. The van der Waals surface area contributed by atoms with Crippen LogP contribution >= 0.6 is 0 Å². The number of carbonyl (C=O) groups is 2. The van der Waals surface area contributed by atoms with E-state index in [9.17, 15) is 14.0 Å². The van der Waals surface area contributed by atoms with Gasteiger partial charge in [0.15, 0.2) is 6.61 Å². The molecular formula is C18H19FN2O3. The lowest BCUT2D eigenvalue weighted by Gasteiger charge is -2.09. The highest BCUT2D eigenvalue weighted by atomic mass is 19.1. The average Bonchev–Trinajstić information content (AvgIpc) is 2.60.